The number of aryl methyl sites for hydroxylation is 1. The average molecular weight is 225 g/mol. The number of benzene rings is 1. The Balaban J connectivity index is 2.38. The molecule has 3 heteroatoms. The van der Waals surface area contributed by atoms with E-state index in [2.05, 4.69) is 46.8 Å². The van der Waals surface area contributed by atoms with Gasteiger partial charge in [0.1, 0.15) is 5.65 Å². The number of pyridine rings is 1. The van der Waals surface area contributed by atoms with Gasteiger partial charge in [0, 0.05) is 29.9 Å². The standard InChI is InChI=1S/C14H15N3/c1-10-3-2-4-13-12(10)6-8-17-11(5-7-15)9-16-14(13)17/h2-4,6,8-9H,5,7,15H2,1H3. The van der Waals surface area contributed by atoms with Crippen LogP contribution >= 0.6 is 0 Å². The fourth-order valence-corrected chi connectivity index (χ4v) is 2.34. The van der Waals surface area contributed by atoms with Crippen molar-refractivity contribution in [3.8, 4) is 0 Å². The summed E-state index contributed by atoms with van der Waals surface area (Å²) in [6.45, 7) is 2.78. The Bertz CT molecular complexity index is 682. The molecule has 2 aromatic heterocycles. The number of hydrogen-bond acceptors (Lipinski definition) is 2. The highest BCUT2D eigenvalue weighted by Gasteiger charge is 2.06. The molecule has 0 fully saturated rings. The number of nitrogens with zero attached hydrogens (tertiary/aromatic N) is 2. The van der Waals surface area contributed by atoms with Gasteiger partial charge in [-0.1, -0.05) is 18.2 Å². The van der Waals surface area contributed by atoms with Crippen LogP contribution in [0.25, 0.3) is 16.4 Å². The zero-order valence-electron chi connectivity index (χ0n) is 9.85. The van der Waals surface area contributed by atoms with E-state index in [4.69, 9.17) is 5.73 Å². The molecule has 0 aliphatic rings. The molecule has 3 rings (SSSR count). The topological polar surface area (TPSA) is 43.3 Å². The SMILES string of the molecule is Cc1cccc2c1ccn1c(CCN)cnc21. The summed E-state index contributed by atoms with van der Waals surface area (Å²) in [5.41, 5.74) is 9.09. The van der Waals surface area contributed by atoms with Crippen molar-refractivity contribution in [1.29, 1.82) is 0 Å². The van der Waals surface area contributed by atoms with E-state index < -0.39 is 0 Å². The number of hydrogen-bond donors (Lipinski definition) is 1. The van der Waals surface area contributed by atoms with Crippen LogP contribution in [0.1, 0.15) is 11.3 Å². The average Bonchev–Trinajstić information content (AvgIpc) is 2.74. The second-order valence-electron chi connectivity index (χ2n) is 4.33. The molecular weight excluding hydrogens is 210 g/mol. The molecule has 0 radical (unpaired) electrons. The van der Waals surface area contributed by atoms with Gasteiger partial charge in [0.05, 0.1) is 0 Å². The van der Waals surface area contributed by atoms with Crippen molar-refractivity contribution in [2.75, 3.05) is 6.54 Å². The monoisotopic (exact) mass is 225 g/mol. The highest BCUT2D eigenvalue weighted by Crippen LogP contribution is 2.22. The lowest BCUT2D eigenvalue weighted by Gasteiger charge is -2.05. The summed E-state index contributed by atoms with van der Waals surface area (Å²) in [7, 11) is 0. The minimum atomic E-state index is 0.652. The van der Waals surface area contributed by atoms with Gasteiger partial charge in [-0.15, -0.1) is 0 Å². The van der Waals surface area contributed by atoms with Crippen molar-refractivity contribution >= 4 is 16.4 Å². The maximum absolute atomic E-state index is 5.61. The van der Waals surface area contributed by atoms with Gasteiger partial charge in [0.25, 0.3) is 0 Å². The highest BCUT2D eigenvalue weighted by molar-refractivity contribution is 5.95. The summed E-state index contributed by atoms with van der Waals surface area (Å²) in [6.07, 6.45) is 4.87. The molecule has 0 aliphatic carbocycles. The Morgan fingerprint density at radius 1 is 1.24 bits per heavy atom. The summed E-state index contributed by atoms with van der Waals surface area (Å²) < 4.78 is 2.13. The van der Waals surface area contributed by atoms with E-state index in [1.807, 2.05) is 6.20 Å². The normalized spacial score (nSPS) is 11.4. The van der Waals surface area contributed by atoms with E-state index in [0.29, 0.717) is 6.54 Å². The number of rotatable bonds is 2. The van der Waals surface area contributed by atoms with E-state index in [9.17, 15) is 0 Å². The van der Waals surface area contributed by atoms with Crippen molar-refractivity contribution in [3.05, 3.63) is 47.9 Å². The molecule has 0 amide bonds. The lowest BCUT2D eigenvalue weighted by Crippen LogP contribution is -2.04. The minimum absolute atomic E-state index is 0.652. The number of aromatic nitrogens is 2. The Morgan fingerprint density at radius 2 is 2.12 bits per heavy atom. The van der Waals surface area contributed by atoms with Crippen molar-refractivity contribution in [3.63, 3.8) is 0 Å². The van der Waals surface area contributed by atoms with Gasteiger partial charge in [-0.3, -0.25) is 0 Å². The van der Waals surface area contributed by atoms with E-state index in [0.717, 1.165) is 12.1 Å². The van der Waals surface area contributed by atoms with Crippen molar-refractivity contribution in [2.45, 2.75) is 13.3 Å². The fourth-order valence-electron chi connectivity index (χ4n) is 2.34. The lowest BCUT2D eigenvalue weighted by atomic mass is 10.1. The first-order valence-electron chi connectivity index (χ1n) is 5.85. The largest absolute Gasteiger partial charge is 0.330 e. The predicted molar refractivity (Wildman–Crippen MR) is 70.2 cm³/mol. The molecule has 1 aromatic carbocycles. The molecule has 0 bridgehead atoms. The molecule has 0 aliphatic heterocycles. The van der Waals surface area contributed by atoms with Gasteiger partial charge in [-0.2, -0.15) is 0 Å². The molecule has 0 unspecified atom stereocenters. The minimum Gasteiger partial charge on any atom is -0.330 e. The van der Waals surface area contributed by atoms with Gasteiger partial charge >= 0.3 is 0 Å². The first-order valence-corrected chi connectivity index (χ1v) is 5.85. The number of fused-ring (bicyclic) bond motifs is 3. The van der Waals surface area contributed by atoms with Crippen molar-refractivity contribution in [2.24, 2.45) is 5.73 Å². The molecule has 0 saturated carbocycles. The molecule has 3 nitrogen and oxygen atoms in total. The second-order valence-corrected chi connectivity index (χ2v) is 4.33. The molecule has 0 atom stereocenters. The van der Waals surface area contributed by atoms with Crippen LogP contribution in [0, 0.1) is 6.92 Å². The van der Waals surface area contributed by atoms with E-state index in [1.54, 1.807) is 0 Å². The second kappa shape index (κ2) is 3.86. The Hall–Kier alpha value is -1.87. The molecular formula is C14H15N3. The third-order valence-corrected chi connectivity index (χ3v) is 3.23. The molecule has 0 saturated heterocycles. The Kier molecular flexibility index (Phi) is 2.34. The third-order valence-electron chi connectivity index (χ3n) is 3.23. The highest BCUT2D eigenvalue weighted by atomic mass is 15.0. The van der Waals surface area contributed by atoms with E-state index in [-0.39, 0.29) is 0 Å². The summed E-state index contributed by atoms with van der Waals surface area (Å²) in [6, 6.07) is 8.48. The van der Waals surface area contributed by atoms with E-state index >= 15 is 0 Å². The zero-order chi connectivity index (χ0) is 11.8. The van der Waals surface area contributed by atoms with Crippen LogP contribution in [0.2, 0.25) is 0 Å². The number of nitrogens with two attached hydrogens (primary N) is 1. The molecule has 17 heavy (non-hydrogen) atoms. The summed E-state index contributed by atoms with van der Waals surface area (Å²) in [4.78, 5) is 4.51. The molecule has 2 heterocycles. The van der Waals surface area contributed by atoms with Gasteiger partial charge in [-0.05, 0) is 30.5 Å². The first-order chi connectivity index (χ1) is 8.31. The van der Waals surface area contributed by atoms with Gasteiger partial charge in [0.15, 0.2) is 0 Å². The summed E-state index contributed by atoms with van der Waals surface area (Å²) in [5.74, 6) is 0. The van der Waals surface area contributed by atoms with E-state index in [1.165, 1.54) is 22.0 Å². The summed E-state index contributed by atoms with van der Waals surface area (Å²) in [5, 5.41) is 2.47. The predicted octanol–water partition coefficient (Wildman–Crippen LogP) is 2.30. The fraction of sp³-hybridized carbons (Fsp3) is 0.214. The molecule has 3 aromatic rings. The van der Waals surface area contributed by atoms with Gasteiger partial charge in [-0.25, -0.2) is 4.98 Å². The van der Waals surface area contributed by atoms with Crippen LogP contribution in [-0.2, 0) is 6.42 Å². The van der Waals surface area contributed by atoms with Crippen LogP contribution in [0.3, 0.4) is 0 Å². The van der Waals surface area contributed by atoms with Crippen LogP contribution in [0.5, 0.6) is 0 Å². The van der Waals surface area contributed by atoms with Crippen LogP contribution < -0.4 is 5.73 Å². The summed E-state index contributed by atoms with van der Waals surface area (Å²) >= 11 is 0. The Labute approximate surface area is 99.9 Å². The molecule has 0 spiro atoms. The first kappa shape index (κ1) is 10.3. The molecule has 86 valence electrons. The molecule has 2 N–H and O–H groups in total. The van der Waals surface area contributed by atoms with Crippen LogP contribution in [-0.4, -0.2) is 15.9 Å². The smallest absolute Gasteiger partial charge is 0.144 e. The Morgan fingerprint density at radius 3 is 2.94 bits per heavy atom. The van der Waals surface area contributed by atoms with Gasteiger partial charge < -0.3 is 10.1 Å². The maximum atomic E-state index is 5.61. The van der Waals surface area contributed by atoms with Gasteiger partial charge in [0.2, 0.25) is 0 Å². The van der Waals surface area contributed by atoms with Crippen molar-refractivity contribution in [1.82, 2.24) is 9.38 Å². The lowest BCUT2D eigenvalue weighted by molar-refractivity contribution is 0.906. The third kappa shape index (κ3) is 1.51. The zero-order valence-corrected chi connectivity index (χ0v) is 9.85. The number of imidazole rings is 1. The van der Waals surface area contributed by atoms with Crippen molar-refractivity contribution < 1.29 is 0 Å². The van der Waals surface area contributed by atoms with Crippen LogP contribution in [0.4, 0.5) is 0 Å². The maximum Gasteiger partial charge on any atom is 0.144 e. The van der Waals surface area contributed by atoms with Crippen LogP contribution in [0.15, 0.2) is 36.7 Å². The quantitative estimate of drug-likeness (QED) is 0.727.